The van der Waals surface area contributed by atoms with Crippen LogP contribution in [-0.2, 0) is 11.3 Å². The normalized spacial score (nSPS) is 16.3. The Hall–Kier alpha value is -2.97. The molecular formula is C22H20N4O3S. The maximum absolute atomic E-state index is 13.0. The van der Waals surface area contributed by atoms with Gasteiger partial charge in [0.25, 0.3) is 16.7 Å². The first kappa shape index (κ1) is 19.0. The molecule has 7 nitrogen and oxygen atoms in total. The van der Waals surface area contributed by atoms with E-state index in [1.54, 1.807) is 6.07 Å². The molecule has 1 aliphatic heterocycles. The van der Waals surface area contributed by atoms with E-state index in [2.05, 4.69) is 15.3 Å². The average Bonchev–Trinajstić information content (AvgIpc) is 3.47. The number of ether oxygens (including phenoxy) is 1. The van der Waals surface area contributed by atoms with Crippen molar-refractivity contribution in [1.82, 2.24) is 20.0 Å². The molecule has 1 aliphatic rings. The van der Waals surface area contributed by atoms with Crippen LogP contribution in [0, 0.1) is 0 Å². The lowest BCUT2D eigenvalue weighted by atomic mass is 10.1. The molecule has 1 atom stereocenters. The van der Waals surface area contributed by atoms with Crippen molar-refractivity contribution in [2.24, 2.45) is 0 Å². The molecule has 0 aliphatic carbocycles. The Labute approximate surface area is 177 Å². The lowest BCUT2D eigenvalue weighted by Crippen LogP contribution is -2.24. The Morgan fingerprint density at radius 2 is 1.83 bits per heavy atom. The number of hydrogen-bond acceptors (Lipinski definition) is 7. The van der Waals surface area contributed by atoms with Crippen LogP contribution in [0.15, 0.2) is 69.0 Å². The highest BCUT2D eigenvalue weighted by Gasteiger charge is 2.20. The summed E-state index contributed by atoms with van der Waals surface area (Å²) in [5.41, 5.74) is 1.36. The lowest BCUT2D eigenvalue weighted by molar-refractivity contribution is 0.128. The van der Waals surface area contributed by atoms with E-state index in [4.69, 9.17) is 9.15 Å². The average molecular weight is 420 g/mol. The standard InChI is InChI=1S/C22H20N4O3S/c27-21-18-11-5-4-10-17(18)19(25-26(21)13-15-7-2-1-3-8-15)20-23-24-22(29-20)30-14-16-9-6-12-28-16/h1-5,7-8,10-11,16H,6,9,12-14H2/t16-/m1/s1. The predicted molar refractivity (Wildman–Crippen MR) is 115 cm³/mol. The molecule has 3 heterocycles. The summed E-state index contributed by atoms with van der Waals surface area (Å²) in [4.78, 5) is 13.0. The molecule has 0 saturated carbocycles. The second-order valence-corrected chi connectivity index (χ2v) is 8.13. The van der Waals surface area contributed by atoms with Crippen molar-refractivity contribution >= 4 is 22.5 Å². The van der Waals surface area contributed by atoms with E-state index in [1.165, 1.54) is 16.4 Å². The first-order valence-electron chi connectivity index (χ1n) is 9.90. The molecule has 152 valence electrons. The van der Waals surface area contributed by atoms with Crippen LogP contribution in [0.25, 0.3) is 22.4 Å². The molecule has 2 aromatic carbocycles. The van der Waals surface area contributed by atoms with Crippen LogP contribution in [0.1, 0.15) is 18.4 Å². The summed E-state index contributed by atoms with van der Waals surface area (Å²) in [6.45, 7) is 1.19. The molecule has 2 aromatic heterocycles. The number of thioether (sulfide) groups is 1. The van der Waals surface area contributed by atoms with Crippen LogP contribution in [0.3, 0.4) is 0 Å². The minimum atomic E-state index is -0.148. The van der Waals surface area contributed by atoms with Crippen LogP contribution in [-0.4, -0.2) is 38.4 Å². The van der Waals surface area contributed by atoms with Gasteiger partial charge in [-0.3, -0.25) is 4.79 Å². The van der Waals surface area contributed by atoms with E-state index >= 15 is 0 Å². The summed E-state index contributed by atoms with van der Waals surface area (Å²) in [6, 6.07) is 17.1. The lowest BCUT2D eigenvalue weighted by Gasteiger charge is -2.09. The molecule has 1 saturated heterocycles. The van der Waals surface area contributed by atoms with Gasteiger partial charge in [0.15, 0.2) is 5.69 Å². The second kappa shape index (κ2) is 8.41. The summed E-state index contributed by atoms with van der Waals surface area (Å²) < 4.78 is 13.0. The van der Waals surface area contributed by atoms with Gasteiger partial charge in [0, 0.05) is 17.7 Å². The summed E-state index contributed by atoms with van der Waals surface area (Å²) >= 11 is 1.49. The molecule has 4 aromatic rings. The largest absolute Gasteiger partial charge is 0.410 e. The smallest absolute Gasteiger partial charge is 0.277 e. The van der Waals surface area contributed by atoms with Crippen molar-refractivity contribution in [3.63, 3.8) is 0 Å². The van der Waals surface area contributed by atoms with Crippen LogP contribution in [0.5, 0.6) is 0 Å². The number of aromatic nitrogens is 4. The summed E-state index contributed by atoms with van der Waals surface area (Å²) in [6.07, 6.45) is 2.39. The highest BCUT2D eigenvalue weighted by atomic mass is 32.2. The highest BCUT2D eigenvalue weighted by molar-refractivity contribution is 7.99. The molecule has 0 amide bonds. The fourth-order valence-electron chi connectivity index (χ4n) is 3.56. The van der Waals surface area contributed by atoms with Crippen molar-refractivity contribution in [3.8, 4) is 11.6 Å². The molecule has 0 spiro atoms. The zero-order valence-electron chi connectivity index (χ0n) is 16.2. The maximum Gasteiger partial charge on any atom is 0.277 e. The number of rotatable bonds is 6. The topological polar surface area (TPSA) is 83.0 Å². The van der Waals surface area contributed by atoms with E-state index in [-0.39, 0.29) is 11.7 Å². The molecule has 0 bridgehead atoms. The maximum atomic E-state index is 13.0. The minimum Gasteiger partial charge on any atom is -0.410 e. The number of benzene rings is 2. The van der Waals surface area contributed by atoms with Crippen molar-refractivity contribution in [3.05, 3.63) is 70.5 Å². The predicted octanol–water partition coefficient (Wildman–Crippen LogP) is 3.77. The Morgan fingerprint density at radius 1 is 1.03 bits per heavy atom. The minimum absolute atomic E-state index is 0.148. The zero-order valence-corrected chi connectivity index (χ0v) is 17.0. The van der Waals surface area contributed by atoms with Crippen molar-refractivity contribution in [1.29, 1.82) is 0 Å². The van der Waals surface area contributed by atoms with E-state index in [0.29, 0.717) is 34.1 Å². The van der Waals surface area contributed by atoms with E-state index < -0.39 is 0 Å². The quantitative estimate of drug-likeness (QED) is 0.439. The van der Waals surface area contributed by atoms with Gasteiger partial charge in [-0.25, -0.2) is 4.68 Å². The number of hydrogen-bond donors (Lipinski definition) is 0. The van der Waals surface area contributed by atoms with Gasteiger partial charge in [-0.15, -0.1) is 10.2 Å². The van der Waals surface area contributed by atoms with Gasteiger partial charge in [0.1, 0.15) is 0 Å². The van der Waals surface area contributed by atoms with Crippen LogP contribution >= 0.6 is 11.8 Å². The number of nitrogens with zero attached hydrogens (tertiary/aromatic N) is 4. The van der Waals surface area contributed by atoms with Gasteiger partial charge in [0.05, 0.1) is 18.0 Å². The highest BCUT2D eigenvalue weighted by Crippen LogP contribution is 2.28. The summed E-state index contributed by atoms with van der Waals surface area (Å²) in [5.74, 6) is 1.09. The summed E-state index contributed by atoms with van der Waals surface area (Å²) in [5, 5.41) is 14.7. The molecular weight excluding hydrogens is 400 g/mol. The Kier molecular flexibility index (Phi) is 5.33. The molecule has 8 heteroatoms. The van der Waals surface area contributed by atoms with E-state index in [9.17, 15) is 4.79 Å². The SMILES string of the molecule is O=c1c2ccccc2c(-c2nnc(SC[C@H]3CCCO3)o2)nn1Cc1ccccc1. The van der Waals surface area contributed by atoms with Crippen molar-refractivity contribution in [2.45, 2.75) is 30.7 Å². The van der Waals surface area contributed by atoms with E-state index in [1.807, 2.05) is 48.5 Å². The third-order valence-electron chi connectivity index (χ3n) is 5.07. The first-order valence-corrected chi connectivity index (χ1v) is 10.9. The van der Waals surface area contributed by atoms with Gasteiger partial charge >= 0.3 is 0 Å². The van der Waals surface area contributed by atoms with Crippen molar-refractivity contribution in [2.75, 3.05) is 12.4 Å². The van der Waals surface area contributed by atoms with Crippen LogP contribution in [0.2, 0.25) is 0 Å². The fourth-order valence-corrected chi connectivity index (χ4v) is 4.39. The van der Waals surface area contributed by atoms with Crippen LogP contribution < -0.4 is 5.56 Å². The van der Waals surface area contributed by atoms with Gasteiger partial charge in [-0.05, 0) is 24.5 Å². The first-order chi connectivity index (χ1) is 14.8. The molecule has 0 unspecified atom stereocenters. The molecule has 5 rings (SSSR count). The number of fused-ring (bicyclic) bond motifs is 1. The third-order valence-corrected chi connectivity index (χ3v) is 6.02. The molecule has 1 fully saturated rings. The second-order valence-electron chi connectivity index (χ2n) is 7.16. The molecule has 0 radical (unpaired) electrons. The Bertz CT molecular complexity index is 1220. The molecule has 30 heavy (non-hydrogen) atoms. The van der Waals surface area contributed by atoms with Gasteiger partial charge in [-0.1, -0.05) is 60.3 Å². The van der Waals surface area contributed by atoms with E-state index in [0.717, 1.165) is 30.8 Å². The summed E-state index contributed by atoms with van der Waals surface area (Å²) in [7, 11) is 0. The zero-order chi connectivity index (χ0) is 20.3. The van der Waals surface area contributed by atoms with Gasteiger partial charge < -0.3 is 9.15 Å². The van der Waals surface area contributed by atoms with Crippen molar-refractivity contribution < 1.29 is 9.15 Å². The van der Waals surface area contributed by atoms with Crippen LogP contribution in [0.4, 0.5) is 0 Å². The Morgan fingerprint density at radius 3 is 2.63 bits per heavy atom. The monoisotopic (exact) mass is 420 g/mol. The van der Waals surface area contributed by atoms with Gasteiger partial charge in [-0.2, -0.15) is 5.10 Å². The third kappa shape index (κ3) is 3.88. The molecule has 0 N–H and O–H groups in total. The van der Waals surface area contributed by atoms with Gasteiger partial charge in [0.2, 0.25) is 0 Å². The fraction of sp³-hybridized carbons (Fsp3) is 0.273. The Balaban J connectivity index is 1.50.